The lowest BCUT2D eigenvalue weighted by atomic mass is 10.2. The molecule has 102 valence electrons. The number of methoxy groups -OCH3 is 1. The molecule has 0 unspecified atom stereocenters. The van der Waals surface area contributed by atoms with Gasteiger partial charge in [-0.1, -0.05) is 17.7 Å². The van der Waals surface area contributed by atoms with Crippen molar-refractivity contribution < 1.29 is 9.13 Å². The maximum Gasteiger partial charge on any atom is 0.145 e. The lowest BCUT2D eigenvalue weighted by Gasteiger charge is -2.06. The van der Waals surface area contributed by atoms with E-state index in [2.05, 4.69) is 9.97 Å². The molecule has 0 saturated carbocycles. The zero-order valence-corrected chi connectivity index (χ0v) is 11.3. The normalized spacial score (nSPS) is 10.9. The Morgan fingerprint density at radius 3 is 2.90 bits per heavy atom. The molecule has 0 amide bonds. The average Bonchev–Trinajstić information content (AvgIpc) is 2.81. The molecular formula is C14H11ClFN3O. The van der Waals surface area contributed by atoms with Gasteiger partial charge in [0.25, 0.3) is 0 Å². The van der Waals surface area contributed by atoms with Crippen molar-refractivity contribution in [1.29, 1.82) is 0 Å². The van der Waals surface area contributed by atoms with Gasteiger partial charge in [0.05, 0.1) is 23.9 Å². The number of nitrogen functional groups attached to an aromatic ring is 1. The Morgan fingerprint density at radius 2 is 2.15 bits per heavy atom. The van der Waals surface area contributed by atoms with E-state index in [-0.39, 0.29) is 5.56 Å². The van der Waals surface area contributed by atoms with Gasteiger partial charge in [0, 0.05) is 5.02 Å². The van der Waals surface area contributed by atoms with Crippen LogP contribution in [0.4, 0.5) is 10.1 Å². The lowest BCUT2D eigenvalue weighted by Crippen LogP contribution is -1.92. The third-order valence-corrected chi connectivity index (χ3v) is 3.23. The number of benzene rings is 2. The van der Waals surface area contributed by atoms with Crippen LogP contribution in [0.5, 0.6) is 5.75 Å². The molecule has 1 aromatic heterocycles. The number of nitrogens with two attached hydrogens (primary N) is 1. The monoisotopic (exact) mass is 291 g/mol. The molecule has 0 spiro atoms. The van der Waals surface area contributed by atoms with Crippen LogP contribution < -0.4 is 10.5 Å². The molecule has 20 heavy (non-hydrogen) atoms. The number of halogens is 2. The van der Waals surface area contributed by atoms with E-state index in [9.17, 15) is 4.39 Å². The van der Waals surface area contributed by atoms with E-state index in [0.717, 1.165) is 0 Å². The van der Waals surface area contributed by atoms with Gasteiger partial charge in [-0.25, -0.2) is 9.37 Å². The Bertz CT molecular complexity index is 800. The number of ether oxygens (including phenoxy) is 1. The van der Waals surface area contributed by atoms with Crippen LogP contribution in [0.3, 0.4) is 0 Å². The van der Waals surface area contributed by atoms with Crippen molar-refractivity contribution in [3.63, 3.8) is 0 Å². The zero-order valence-electron chi connectivity index (χ0n) is 10.6. The van der Waals surface area contributed by atoms with E-state index in [1.807, 2.05) is 0 Å². The number of nitrogens with one attached hydrogen (secondary N) is 1. The number of aromatic amines is 1. The summed E-state index contributed by atoms with van der Waals surface area (Å²) in [5.41, 5.74) is 7.77. The lowest BCUT2D eigenvalue weighted by molar-refractivity contribution is 0.413. The van der Waals surface area contributed by atoms with Gasteiger partial charge in [-0.15, -0.1) is 0 Å². The molecule has 3 N–H and O–H groups in total. The predicted octanol–water partition coefficient (Wildman–Crippen LogP) is 3.61. The molecule has 3 aromatic rings. The maximum absolute atomic E-state index is 14.0. The first-order valence-electron chi connectivity index (χ1n) is 5.87. The minimum atomic E-state index is -0.423. The van der Waals surface area contributed by atoms with Crippen LogP contribution in [0.15, 0.2) is 30.3 Å². The van der Waals surface area contributed by atoms with Gasteiger partial charge in [-0.05, 0) is 24.3 Å². The van der Waals surface area contributed by atoms with E-state index < -0.39 is 5.82 Å². The van der Waals surface area contributed by atoms with E-state index in [1.165, 1.54) is 13.2 Å². The van der Waals surface area contributed by atoms with Crippen LogP contribution in [0.1, 0.15) is 0 Å². The fourth-order valence-electron chi connectivity index (χ4n) is 2.13. The average molecular weight is 292 g/mol. The van der Waals surface area contributed by atoms with Gasteiger partial charge in [-0.3, -0.25) is 0 Å². The maximum atomic E-state index is 14.0. The van der Waals surface area contributed by atoms with Crippen molar-refractivity contribution in [3.05, 3.63) is 41.2 Å². The van der Waals surface area contributed by atoms with Crippen LogP contribution in [-0.2, 0) is 0 Å². The Kier molecular flexibility index (Phi) is 2.99. The number of nitrogens with zero attached hydrogens (tertiary/aromatic N) is 1. The van der Waals surface area contributed by atoms with Crippen molar-refractivity contribution >= 4 is 28.3 Å². The molecule has 0 aliphatic rings. The SMILES string of the molecule is COc1cccc(F)c1-c1nc2c(N)cc(Cl)cc2[nH]1. The predicted molar refractivity (Wildman–Crippen MR) is 77.5 cm³/mol. The molecule has 0 saturated heterocycles. The molecule has 0 atom stereocenters. The van der Waals surface area contributed by atoms with Crippen molar-refractivity contribution in [1.82, 2.24) is 9.97 Å². The number of rotatable bonds is 2. The van der Waals surface area contributed by atoms with Gasteiger partial charge in [0.15, 0.2) is 0 Å². The van der Waals surface area contributed by atoms with E-state index in [4.69, 9.17) is 22.1 Å². The Labute approximate surface area is 119 Å². The standard InChI is InChI=1S/C14H11ClFN3O/c1-20-11-4-2-3-8(16)12(11)14-18-10-6-7(15)5-9(17)13(10)19-14/h2-6H,17H2,1H3,(H,18,19). The van der Waals surface area contributed by atoms with E-state index >= 15 is 0 Å². The summed E-state index contributed by atoms with van der Waals surface area (Å²) >= 11 is 5.94. The van der Waals surface area contributed by atoms with Crippen LogP contribution in [0.2, 0.25) is 5.02 Å². The summed E-state index contributed by atoms with van der Waals surface area (Å²) in [7, 11) is 1.48. The highest BCUT2D eigenvalue weighted by Gasteiger charge is 2.16. The quantitative estimate of drug-likeness (QED) is 0.709. The molecule has 0 aliphatic heterocycles. The Morgan fingerprint density at radius 1 is 1.35 bits per heavy atom. The number of fused-ring (bicyclic) bond motifs is 1. The number of imidazole rings is 1. The van der Waals surface area contributed by atoms with Gasteiger partial charge >= 0.3 is 0 Å². The summed E-state index contributed by atoms with van der Waals surface area (Å²) in [5, 5.41) is 0.491. The van der Waals surface area contributed by atoms with Crippen LogP contribution in [-0.4, -0.2) is 17.1 Å². The molecular weight excluding hydrogens is 281 g/mol. The molecule has 1 heterocycles. The van der Waals surface area contributed by atoms with Crippen LogP contribution >= 0.6 is 11.6 Å². The first kappa shape index (κ1) is 12.7. The van der Waals surface area contributed by atoms with Gasteiger partial charge in [0.1, 0.15) is 22.9 Å². The fraction of sp³-hybridized carbons (Fsp3) is 0.0714. The fourth-order valence-corrected chi connectivity index (χ4v) is 2.36. The van der Waals surface area contributed by atoms with Crippen molar-refractivity contribution in [2.75, 3.05) is 12.8 Å². The highest BCUT2D eigenvalue weighted by atomic mass is 35.5. The van der Waals surface area contributed by atoms with Crippen LogP contribution in [0, 0.1) is 5.82 Å². The molecule has 0 aliphatic carbocycles. The molecule has 0 radical (unpaired) electrons. The minimum Gasteiger partial charge on any atom is -0.496 e. The second-order valence-electron chi connectivity index (χ2n) is 4.29. The van der Waals surface area contributed by atoms with Gasteiger partial charge < -0.3 is 15.5 Å². The highest BCUT2D eigenvalue weighted by Crippen LogP contribution is 2.33. The molecule has 6 heteroatoms. The second kappa shape index (κ2) is 4.68. The molecule has 0 bridgehead atoms. The topological polar surface area (TPSA) is 63.9 Å². The minimum absolute atomic E-state index is 0.265. The van der Waals surface area contributed by atoms with Crippen LogP contribution in [0.25, 0.3) is 22.4 Å². The Hall–Kier alpha value is -2.27. The zero-order chi connectivity index (χ0) is 14.3. The van der Waals surface area contributed by atoms with Crippen molar-refractivity contribution in [2.24, 2.45) is 0 Å². The molecule has 3 rings (SSSR count). The number of anilines is 1. The number of hydrogen-bond donors (Lipinski definition) is 2. The Balaban J connectivity index is 2.28. The summed E-state index contributed by atoms with van der Waals surface area (Å²) in [6.07, 6.45) is 0. The summed E-state index contributed by atoms with van der Waals surface area (Å²) in [6.45, 7) is 0. The summed E-state index contributed by atoms with van der Waals surface area (Å²) in [6, 6.07) is 7.89. The molecule has 4 nitrogen and oxygen atoms in total. The van der Waals surface area contributed by atoms with Gasteiger partial charge in [-0.2, -0.15) is 0 Å². The third-order valence-electron chi connectivity index (χ3n) is 3.01. The third kappa shape index (κ3) is 1.96. The first-order chi connectivity index (χ1) is 9.60. The summed E-state index contributed by atoms with van der Waals surface area (Å²) in [5.74, 6) is 0.325. The number of hydrogen-bond acceptors (Lipinski definition) is 3. The number of aromatic nitrogens is 2. The molecule has 2 aromatic carbocycles. The first-order valence-corrected chi connectivity index (χ1v) is 6.25. The summed E-state index contributed by atoms with van der Waals surface area (Å²) < 4.78 is 19.2. The van der Waals surface area contributed by atoms with E-state index in [0.29, 0.717) is 33.3 Å². The highest BCUT2D eigenvalue weighted by molar-refractivity contribution is 6.31. The van der Waals surface area contributed by atoms with Crippen molar-refractivity contribution in [3.8, 4) is 17.1 Å². The molecule has 0 fully saturated rings. The number of H-pyrrole nitrogens is 1. The smallest absolute Gasteiger partial charge is 0.145 e. The second-order valence-corrected chi connectivity index (χ2v) is 4.73. The largest absolute Gasteiger partial charge is 0.496 e. The van der Waals surface area contributed by atoms with Crippen molar-refractivity contribution in [2.45, 2.75) is 0 Å². The van der Waals surface area contributed by atoms with Gasteiger partial charge in [0.2, 0.25) is 0 Å². The summed E-state index contributed by atoms with van der Waals surface area (Å²) in [4.78, 5) is 7.35. The van der Waals surface area contributed by atoms with E-state index in [1.54, 1.807) is 24.3 Å².